The van der Waals surface area contributed by atoms with Crippen LogP contribution in [0, 0.1) is 0 Å². The summed E-state index contributed by atoms with van der Waals surface area (Å²) >= 11 is 0. The molecule has 0 aromatic heterocycles. The lowest BCUT2D eigenvalue weighted by atomic mass is 10.2. The third kappa shape index (κ3) is 4.31. The summed E-state index contributed by atoms with van der Waals surface area (Å²) in [6, 6.07) is 18.6. The number of benzene rings is 2. The first-order valence-electron chi connectivity index (χ1n) is 7.46. The van der Waals surface area contributed by atoms with E-state index in [0.29, 0.717) is 6.61 Å². The maximum atomic E-state index is 5.80. The molecule has 1 aliphatic rings. The zero-order valence-corrected chi connectivity index (χ0v) is 12.2. The minimum Gasteiger partial charge on any atom is -0.489 e. The molecule has 0 unspecified atom stereocenters. The van der Waals surface area contributed by atoms with Gasteiger partial charge in [0.2, 0.25) is 0 Å². The molecule has 0 saturated carbocycles. The van der Waals surface area contributed by atoms with Gasteiger partial charge in [0, 0.05) is 19.6 Å². The van der Waals surface area contributed by atoms with Gasteiger partial charge in [-0.05, 0) is 23.3 Å². The molecule has 0 amide bonds. The first-order chi connectivity index (χ1) is 10.4. The second-order valence-corrected chi connectivity index (χ2v) is 5.31. The van der Waals surface area contributed by atoms with Gasteiger partial charge in [-0.1, -0.05) is 42.5 Å². The SMILES string of the molecule is c1ccc(COc2ccc(CN3CCOCC3)cc2)cc1. The van der Waals surface area contributed by atoms with E-state index in [-0.39, 0.29) is 0 Å². The Morgan fingerprint density at radius 1 is 0.857 bits per heavy atom. The lowest BCUT2D eigenvalue weighted by molar-refractivity contribution is 0.0342. The van der Waals surface area contributed by atoms with Crippen molar-refractivity contribution in [1.82, 2.24) is 4.90 Å². The number of ether oxygens (including phenoxy) is 2. The van der Waals surface area contributed by atoms with E-state index in [1.54, 1.807) is 0 Å². The van der Waals surface area contributed by atoms with E-state index in [1.807, 2.05) is 18.2 Å². The Hall–Kier alpha value is -1.84. The Morgan fingerprint density at radius 2 is 1.57 bits per heavy atom. The molecule has 3 nitrogen and oxygen atoms in total. The predicted molar refractivity (Wildman–Crippen MR) is 83.3 cm³/mol. The van der Waals surface area contributed by atoms with Crippen LogP contribution in [0.3, 0.4) is 0 Å². The van der Waals surface area contributed by atoms with E-state index in [1.165, 1.54) is 11.1 Å². The minimum absolute atomic E-state index is 0.615. The van der Waals surface area contributed by atoms with Crippen LogP contribution in [0.4, 0.5) is 0 Å². The average Bonchev–Trinajstić information content (AvgIpc) is 2.56. The monoisotopic (exact) mass is 283 g/mol. The summed E-state index contributed by atoms with van der Waals surface area (Å²) in [5.41, 5.74) is 2.51. The topological polar surface area (TPSA) is 21.7 Å². The van der Waals surface area contributed by atoms with Gasteiger partial charge in [-0.15, -0.1) is 0 Å². The molecule has 0 bridgehead atoms. The summed E-state index contributed by atoms with van der Waals surface area (Å²) in [7, 11) is 0. The van der Waals surface area contributed by atoms with Crippen molar-refractivity contribution in [3.8, 4) is 5.75 Å². The lowest BCUT2D eigenvalue weighted by Crippen LogP contribution is -2.35. The van der Waals surface area contributed by atoms with Crippen LogP contribution in [-0.2, 0) is 17.9 Å². The summed E-state index contributed by atoms with van der Waals surface area (Å²) in [6.07, 6.45) is 0. The molecule has 1 aliphatic heterocycles. The van der Waals surface area contributed by atoms with Gasteiger partial charge in [0.15, 0.2) is 0 Å². The van der Waals surface area contributed by atoms with Crippen LogP contribution >= 0.6 is 0 Å². The molecule has 0 aliphatic carbocycles. The van der Waals surface area contributed by atoms with Crippen LogP contribution in [0.25, 0.3) is 0 Å². The molecule has 1 fully saturated rings. The number of hydrogen-bond acceptors (Lipinski definition) is 3. The van der Waals surface area contributed by atoms with Gasteiger partial charge in [-0.3, -0.25) is 4.90 Å². The molecule has 21 heavy (non-hydrogen) atoms. The smallest absolute Gasteiger partial charge is 0.119 e. The van der Waals surface area contributed by atoms with Gasteiger partial charge >= 0.3 is 0 Å². The molecule has 0 N–H and O–H groups in total. The molecule has 1 heterocycles. The second kappa shape index (κ2) is 7.25. The largest absolute Gasteiger partial charge is 0.489 e. The van der Waals surface area contributed by atoms with Crippen molar-refractivity contribution in [2.45, 2.75) is 13.2 Å². The molecule has 110 valence electrons. The Bertz CT molecular complexity index is 533. The van der Waals surface area contributed by atoms with Gasteiger partial charge in [0.1, 0.15) is 12.4 Å². The Morgan fingerprint density at radius 3 is 2.29 bits per heavy atom. The van der Waals surface area contributed by atoms with E-state index >= 15 is 0 Å². The van der Waals surface area contributed by atoms with Crippen LogP contribution in [0.5, 0.6) is 5.75 Å². The van der Waals surface area contributed by atoms with E-state index in [2.05, 4.69) is 41.3 Å². The number of nitrogens with zero attached hydrogens (tertiary/aromatic N) is 1. The number of hydrogen-bond donors (Lipinski definition) is 0. The fourth-order valence-corrected chi connectivity index (χ4v) is 2.45. The van der Waals surface area contributed by atoms with E-state index in [4.69, 9.17) is 9.47 Å². The van der Waals surface area contributed by atoms with Crippen LogP contribution in [0.15, 0.2) is 54.6 Å². The Balaban J connectivity index is 1.51. The van der Waals surface area contributed by atoms with Crippen molar-refractivity contribution in [1.29, 1.82) is 0 Å². The van der Waals surface area contributed by atoms with Gasteiger partial charge < -0.3 is 9.47 Å². The molecule has 2 aromatic rings. The molecule has 0 atom stereocenters. The quantitative estimate of drug-likeness (QED) is 0.841. The molecular formula is C18H21NO2. The summed E-state index contributed by atoms with van der Waals surface area (Å²) < 4.78 is 11.2. The average molecular weight is 283 g/mol. The fraction of sp³-hybridized carbons (Fsp3) is 0.333. The van der Waals surface area contributed by atoms with Gasteiger partial charge in [-0.2, -0.15) is 0 Å². The van der Waals surface area contributed by atoms with Crippen molar-refractivity contribution in [2.24, 2.45) is 0 Å². The Kier molecular flexibility index (Phi) is 4.87. The molecule has 0 spiro atoms. The summed E-state index contributed by atoms with van der Waals surface area (Å²) in [4.78, 5) is 2.42. The third-order valence-electron chi connectivity index (χ3n) is 3.68. The molecule has 1 saturated heterocycles. The van der Waals surface area contributed by atoms with Crippen LogP contribution in [-0.4, -0.2) is 31.2 Å². The minimum atomic E-state index is 0.615. The maximum Gasteiger partial charge on any atom is 0.119 e. The lowest BCUT2D eigenvalue weighted by Gasteiger charge is -2.26. The molecule has 3 rings (SSSR count). The second-order valence-electron chi connectivity index (χ2n) is 5.31. The highest BCUT2D eigenvalue weighted by Crippen LogP contribution is 2.16. The first kappa shape index (κ1) is 14.1. The standard InChI is InChI=1S/C18H21NO2/c1-2-4-17(5-3-1)15-21-18-8-6-16(7-9-18)14-19-10-12-20-13-11-19/h1-9H,10-15H2. The van der Waals surface area contributed by atoms with Crippen molar-refractivity contribution in [2.75, 3.05) is 26.3 Å². The first-order valence-corrected chi connectivity index (χ1v) is 7.46. The normalized spacial score (nSPS) is 15.8. The summed E-state index contributed by atoms with van der Waals surface area (Å²) in [5, 5.41) is 0. The molecular weight excluding hydrogens is 262 g/mol. The van der Waals surface area contributed by atoms with E-state index in [0.717, 1.165) is 38.6 Å². The van der Waals surface area contributed by atoms with Crippen molar-refractivity contribution >= 4 is 0 Å². The van der Waals surface area contributed by atoms with Crippen LogP contribution in [0.2, 0.25) is 0 Å². The molecule has 2 aromatic carbocycles. The predicted octanol–water partition coefficient (Wildman–Crippen LogP) is 3.10. The highest BCUT2D eigenvalue weighted by Gasteiger charge is 2.10. The number of rotatable bonds is 5. The summed E-state index contributed by atoms with van der Waals surface area (Å²) in [5.74, 6) is 0.921. The van der Waals surface area contributed by atoms with Crippen molar-refractivity contribution in [3.05, 3.63) is 65.7 Å². The van der Waals surface area contributed by atoms with E-state index < -0.39 is 0 Å². The third-order valence-corrected chi connectivity index (χ3v) is 3.68. The molecule has 3 heteroatoms. The van der Waals surface area contributed by atoms with Gasteiger partial charge in [0.05, 0.1) is 13.2 Å². The van der Waals surface area contributed by atoms with Gasteiger partial charge in [0.25, 0.3) is 0 Å². The number of morpholine rings is 1. The molecule has 0 radical (unpaired) electrons. The van der Waals surface area contributed by atoms with Crippen LogP contribution in [0.1, 0.15) is 11.1 Å². The van der Waals surface area contributed by atoms with Gasteiger partial charge in [-0.25, -0.2) is 0 Å². The highest BCUT2D eigenvalue weighted by molar-refractivity contribution is 5.27. The summed E-state index contributed by atoms with van der Waals surface area (Å²) in [6.45, 7) is 5.33. The maximum absolute atomic E-state index is 5.80. The zero-order chi connectivity index (χ0) is 14.3. The highest BCUT2D eigenvalue weighted by atomic mass is 16.5. The van der Waals surface area contributed by atoms with Crippen LogP contribution < -0.4 is 4.74 Å². The van der Waals surface area contributed by atoms with Crippen molar-refractivity contribution < 1.29 is 9.47 Å². The fourth-order valence-electron chi connectivity index (χ4n) is 2.45. The zero-order valence-electron chi connectivity index (χ0n) is 12.2. The Labute approximate surface area is 126 Å². The van der Waals surface area contributed by atoms with E-state index in [9.17, 15) is 0 Å². The van der Waals surface area contributed by atoms with Crippen molar-refractivity contribution in [3.63, 3.8) is 0 Å².